The fourth-order valence-electron chi connectivity index (χ4n) is 2.02. The highest BCUT2D eigenvalue weighted by molar-refractivity contribution is 8.00. The maximum atomic E-state index is 6.11. The first-order chi connectivity index (χ1) is 8.79. The third-order valence-electron chi connectivity index (χ3n) is 3.06. The largest absolute Gasteiger partial charge is 0.381 e. The molecule has 1 saturated heterocycles. The van der Waals surface area contributed by atoms with Crippen LogP contribution >= 0.6 is 23.4 Å². The summed E-state index contributed by atoms with van der Waals surface area (Å²) in [5.74, 6) is 0. The van der Waals surface area contributed by atoms with Gasteiger partial charge >= 0.3 is 0 Å². The number of nitrogens with one attached hydrogen (secondary N) is 1. The van der Waals surface area contributed by atoms with Gasteiger partial charge in [-0.1, -0.05) is 24.6 Å². The minimum atomic E-state index is 0.664. The van der Waals surface area contributed by atoms with Crippen LogP contribution in [0.3, 0.4) is 0 Å². The SMILES string of the molecule is CCNCc1ccc(Cl)cc1SC1CCOCC1. The molecule has 0 unspecified atom stereocenters. The molecule has 1 aliphatic heterocycles. The van der Waals surface area contributed by atoms with E-state index in [0.717, 1.165) is 44.2 Å². The van der Waals surface area contributed by atoms with Crippen LogP contribution in [0.2, 0.25) is 5.02 Å². The Hall–Kier alpha value is -0.220. The monoisotopic (exact) mass is 285 g/mol. The van der Waals surface area contributed by atoms with Crippen LogP contribution in [0.1, 0.15) is 25.3 Å². The third-order valence-corrected chi connectivity index (χ3v) is 4.73. The molecule has 0 spiro atoms. The number of hydrogen-bond donors (Lipinski definition) is 1. The fraction of sp³-hybridized carbons (Fsp3) is 0.571. The molecule has 0 atom stereocenters. The molecular weight excluding hydrogens is 266 g/mol. The molecule has 1 heterocycles. The van der Waals surface area contributed by atoms with Crippen LogP contribution in [0.15, 0.2) is 23.1 Å². The molecule has 100 valence electrons. The zero-order chi connectivity index (χ0) is 12.8. The molecule has 0 amide bonds. The summed E-state index contributed by atoms with van der Waals surface area (Å²) in [7, 11) is 0. The molecule has 18 heavy (non-hydrogen) atoms. The normalized spacial score (nSPS) is 17.0. The van der Waals surface area contributed by atoms with Crippen molar-refractivity contribution in [2.24, 2.45) is 0 Å². The van der Waals surface area contributed by atoms with Crippen molar-refractivity contribution in [3.8, 4) is 0 Å². The summed E-state index contributed by atoms with van der Waals surface area (Å²) in [6, 6.07) is 6.20. The van der Waals surface area contributed by atoms with Gasteiger partial charge in [0.25, 0.3) is 0 Å². The molecule has 4 heteroatoms. The Labute approximate surface area is 118 Å². The molecule has 0 aliphatic carbocycles. The second kappa shape index (κ2) is 7.39. The van der Waals surface area contributed by atoms with Gasteiger partial charge in [0.15, 0.2) is 0 Å². The van der Waals surface area contributed by atoms with Crippen LogP contribution in [-0.4, -0.2) is 25.0 Å². The van der Waals surface area contributed by atoms with Gasteiger partial charge in [-0.05, 0) is 37.1 Å². The van der Waals surface area contributed by atoms with E-state index in [1.54, 1.807) is 0 Å². The van der Waals surface area contributed by atoms with E-state index in [0.29, 0.717) is 5.25 Å². The van der Waals surface area contributed by atoms with E-state index in [-0.39, 0.29) is 0 Å². The van der Waals surface area contributed by atoms with Crippen molar-refractivity contribution >= 4 is 23.4 Å². The Morgan fingerprint density at radius 1 is 1.39 bits per heavy atom. The van der Waals surface area contributed by atoms with Crippen LogP contribution in [-0.2, 0) is 11.3 Å². The van der Waals surface area contributed by atoms with Crippen LogP contribution in [0, 0.1) is 0 Å². The fourth-order valence-corrected chi connectivity index (χ4v) is 3.53. The Morgan fingerprint density at radius 2 is 2.17 bits per heavy atom. The lowest BCUT2D eigenvalue weighted by molar-refractivity contribution is 0.1000. The second-order valence-electron chi connectivity index (χ2n) is 4.46. The molecule has 0 saturated carbocycles. The maximum Gasteiger partial charge on any atom is 0.0476 e. The number of ether oxygens (including phenoxy) is 1. The first kappa shape index (κ1) is 14.2. The van der Waals surface area contributed by atoms with E-state index in [1.165, 1.54) is 10.5 Å². The van der Waals surface area contributed by atoms with Gasteiger partial charge in [-0.2, -0.15) is 0 Å². The maximum absolute atomic E-state index is 6.11. The van der Waals surface area contributed by atoms with Crippen molar-refractivity contribution in [1.82, 2.24) is 5.32 Å². The van der Waals surface area contributed by atoms with Gasteiger partial charge < -0.3 is 10.1 Å². The Balaban J connectivity index is 2.05. The third kappa shape index (κ3) is 4.16. The smallest absolute Gasteiger partial charge is 0.0476 e. The van der Waals surface area contributed by atoms with Crippen molar-refractivity contribution in [3.05, 3.63) is 28.8 Å². The van der Waals surface area contributed by atoms with Crippen molar-refractivity contribution in [2.45, 2.75) is 36.5 Å². The van der Waals surface area contributed by atoms with E-state index in [2.05, 4.69) is 24.4 Å². The number of thioether (sulfide) groups is 1. The second-order valence-corrected chi connectivity index (χ2v) is 6.24. The number of rotatable bonds is 5. The Bertz CT molecular complexity index is 380. The first-order valence-electron chi connectivity index (χ1n) is 6.53. The molecule has 1 fully saturated rings. The summed E-state index contributed by atoms with van der Waals surface area (Å²) in [6.07, 6.45) is 2.27. The van der Waals surface area contributed by atoms with Crippen LogP contribution < -0.4 is 5.32 Å². The van der Waals surface area contributed by atoms with Gasteiger partial charge in [0.2, 0.25) is 0 Å². The summed E-state index contributed by atoms with van der Waals surface area (Å²) >= 11 is 8.06. The predicted octanol–water partition coefficient (Wildman–Crippen LogP) is 3.72. The highest BCUT2D eigenvalue weighted by Gasteiger charge is 2.16. The quantitative estimate of drug-likeness (QED) is 0.891. The molecule has 1 aliphatic rings. The van der Waals surface area contributed by atoms with E-state index >= 15 is 0 Å². The van der Waals surface area contributed by atoms with Gasteiger partial charge in [0.1, 0.15) is 0 Å². The van der Waals surface area contributed by atoms with Crippen LogP contribution in [0.25, 0.3) is 0 Å². The lowest BCUT2D eigenvalue weighted by Crippen LogP contribution is -2.18. The molecule has 1 N–H and O–H groups in total. The zero-order valence-corrected chi connectivity index (χ0v) is 12.3. The van der Waals surface area contributed by atoms with Gasteiger partial charge in [-0.3, -0.25) is 0 Å². The standard InChI is InChI=1S/C14H20ClNOS/c1-2-16-10-11-3-4-12(15)9-14(11)18-13-5-7-17-8-6-13/h3-4,9,13,16H,2,5-8,10H2,1H3. The predicted molar refractivity (Wildman–Crippen MR) is 78.5 cm³/mol. The highest BCUT2D eigenvalue weighted by Crippen LogP contribution is 2.33. The average Bonchev–Trinajstić information content (AvgIpc) is 2.39. The van der Waals surface area contributed by atoms with Gasteiger partial charge in [-0.15, -0.1) is 11.8 Å². The average molecular weight is 286 g/mol. The molecule has 1 aromatic carbocycles. The molecule has 0 radical (unpaired) electrons. The number of benzene rings is 1. The lowest BCUT2D eigenvalue weighted by Gasteiger charge is -2.22. The molecule has 2 nitrogen and oxygen atoms in total. The Kier molecular flexibility index (Phi) is 5.83. The van der Waals surface area contributed by atoms with Crippen molar-refractivity contribution in [3.63, 3.8) is 0 Å². The molecule has 1 aromatic rings. The minimum absolute atomic E-state index is 0.664. The summed E-state index contributed by atoms with van der Waals surface area (Å²) < 4.78 is 5.40. The van der Waals surface area contributed by atoms with E-state index < -0.39 is 0 Å². The Morgan fingerprint density at radius 3 is 2.89 bits per heavy atom. The van der Waals surface area contributed by atoms with Gasteiger partial charge in [0.05, 0.1) is 0 Å². The van der Waals surface area contributed by atoms with Crippen LogP contribution in [0.4, 0.5) is 0 Å². The first-order valence-corrected chi connectivity index (χ1v) is 7.79. The topological polar surface area (TPSA) is 21.3 Å². The summed E-state index contributed by atoms with van der Waals surface area (Å²) in [6.45, 7) is 5.81. The van der Waals surface area contributed by atoms with Gasteiger partial charge in [0, 0.05) is 34.9 Å². The molecule has 2 rings (SSSR count). The van der Waals surface area contributed by atoms with E-state index in [1.807, 2.05) is 17.8 Å². The van der Waals surface area contributed by atoms with Crippen LogP contribution in [0.5, 0.6) is 0 Å². The summed E-state index contributed by atoms with van der Waals surface area (Å²) in [4.78, 5) is 1.32. The minimum Gasteiger partial charge on any atom is -0.381 e. The summed E-state index contributed by atoms with van der Waals surface area (Å²) in [5, 5.41) is 4.87. The van der Waals surface area contributed by atoms with E-state index in [4.69, 9.17) is 16.3 Å². The summed E-state index contributed by atoms with van der Waals surface area (Å²) in [5.41, 5.74) is 1.35. The number of halogens is 1. The van der Waals surface area contributed by atoms with Crippen molar-refractivity contribution in [2.75, 3.05) is 19.8 Å². The lowest BCUT2D eigenvalue weighted by atomic mass is 10.2. The van der Waals surface area contributed by atoms with E-state index in [9.17, 15) is 0 Å². The molecule has 0 aromatic heterocycles. The van der Waals surface area contributed by atoms with Crippen molar-refractivity contribution < 1.29 is 4.74 Å². The molecule has 0 bridgehead atoms. The molecular formula is C14H20ClNOS. The highest BCUT2D eigenvalue weighted by atomic mass is 35.5. The van der Waals surface area contributed by atoms with Crippen molar-refractivity contribution in [1.29, 1.82) is 0 Å². The zero-order valence-electron chi connectivity index (χ0n) is 10.7. The van der Waals surface area contributed by atoms with Gasteiger partial charge in [-0.25, -0.2) is 0 Å². The number of hydrogen-bond acceptors (Lipinski definition) is 3.